The van der Waals surface area contributed by atoms with Crippen LogP contribution in [0.25, 0.3) is 0 Å². The number of esters is 1. The summed E-state index contributed by atoms with van der Waals surface area (Å²) in [6.07, 6.45) is 5.62. The summed E-state index contributed by atoms with van der Waals surface area (Å²) in [5.41, 5.74) is 3.04. The third kappa shape index (κ3) is 2.50. The van der Waals surface area contributed by atoms with Crippen LogP contribution in [0, 0.1) is 29.1 Å². The number of phenolic OH excluding ortho intramolecular Hbond substituents is 1. The highest BCUT2D eigenvalue weighted by molar-refractivity contribution is 5.73. The van der Waals surface area contributed by atoms with Crippen molar-refractivity contribution in [2.24, 2.45) is 29.1 Å². The second kappa shape index (κ2) is 6.03. The van der Waals surface area contributed by atoms with Crippen LogP contribution < -0.4 is 0 Å². The van der Waals surface area contributed by atoms with Gasteiger partial charge in [-0.1, -0.05) is 19.9 Å². The normalized spacial score (nSPS) is 39.2. The van der Waals surface area contributed by atoms with Crippen LogP contribution in [0.3, 0.4) is 0 Å². The van der Waals surface area contributed by atoms with E-state index in [1.807, 2.05) is 19.1 Å². The van der Waals surface area contributed by atoms with Crippen LogP contribution in [0.15, 0.2) is 18.2 Å². The van der Waals surface area contributed by atoms with E-state index >= 15 is 0 Å². The molecule has 25 heavy (non-hydrogen) atoms. The monoisotopic (exact) mass is 342 g/mol. The molecule has 3 aliphatic carbocycles. The molecule has 0 heterocycles. The number of hydrogen-bond acceptors (Lipinski definition) is 3. The summed E-state index contributed by atoms with van der Waals surface area (Å²) in [5.74, 6) is 2.73. The molecule has 0 aliphatic heterocycles. The van der Waals surface area contributed by atoms with Gasteiger partial charge in [-0.15, -0.1) is 0 Å². The van der Waals surface area contributed by atoms with Gasteiger partial charge in [0.1, 0.15) is 5.75 Å². The van der Waals surface area contributed by atoms with Crippen LogP contribution >= 0.6 is 0 Å². The first-order chi connectivity index (χ1) is 12.0. The molecule has 1 aromatic carbocycles. The fraction of sp³-hybridized carbons (Fsp3) is 0.682. The molecular formula is C22H30O3. The summed E-state index contributed by atoms with van der Waals surface area (Å²) in [5, 5.41) is 9.81. The molecule has 1 aromatic rings. The van der Waals surface area contributed by atoms with Crippen LogP contribution in [0.2, 0.25) is 0 Å². The van der Waals surface area contributed by atoms with Gasteiger partial charge in [0, 0.05) is 0 Å². The minimum atomic E-state index is 0.0170. The first-order valence-corrected chi connectivity index (χ1v) is 9.94. The minimum absolute atomic E-state index is 0.0170. The largest absolute Gasteiger partial charge is 0.508 e. The van der Waals surface area contributed by atoms with E-state index in [4.69, 9.17) is 4.74 Å². The number of rotatable bonds is 2. The van der Waals surface area contributed by atoms with Gasteiger partial charge in [-0.05, 0) is 91.4 Å². The fourth-order valence-electron chi connectivity index (χ4n) is 6.41. The highest BCUT2D eigenvalue weighted by Gasteiger charge is 2.58. The van der Waals surface area contributed by atoms with Gasteiger partial charge in [-0.25, -0.2) is 0 Å². The molecule has 136 valence electrons. The maximum Gasteiger partial charge on any atom is 0.309 e. The van der Waals surface area contributed by atoms with Crippen molar-refractivity contribution in [3.63, 3.8) is 0 Å². The van der Waals surface area contributed by atoms with Crippen molar-refractivity contribution in [3.05, 3.63) is 29.3 Å². The maximum atomic E-state index is 12.5. The Morgan fingerprint density at radius 2 is 2.16 bits per heavy atom. The average molecular weight is 342 g/mol. The van der Waals surface area contributed by atoms with Gasteiger partial charge in [-0.3, -0.25) is 4.79 Å². The predicted octanol–water partition coefficient (Wildman–Crippen LogP) is 4.67. The third-order valence-electron chi connectivity index (χ3n) is 7.89. The first-order valence-electron chi connectivity index (χ1n) is 9.94. The molecule has 3 aliphatic rings. The molecule has 4 rings (SSSR count). The number of benzene rings is 1. The lowest BCUT2D eigenvalue weighted by molar-refractivity contribution is -0.149. The highest BCUT2D eigenvalue weighted by atomic mass is 16.5. The Balaban J connectivity index is 1.64. The minimum Gasteiger partial charge on any atom is -0.508 e. The molecule has 0 unspecified atom stereocenters. The lowest BCUT2D eigenvalue weighted by Gasteiger charge is -2.50. The number of fused-ring (bicyclic) bond motifs is 5. The van der Waals surface area contributed by atoms with Crippen LogP contribution in [0.4, 0.5) is 0 Å². The molecule has 0 saturated heterocycles. The lowest BCUT2D eigenvalue weighted by Crippen LogP contribution is -2.42. The summed E-state index contributed by atoms with van der Waals surface area (Å²) in [6, 6.07) is 5.94. The molecule has 0 amide bonds. The van der Waals surface area contributed by atoms with E-state index < -0.39 is 0 Å². The molecule has 2 fully saturated rings. The Morgan fingerprint density at radius 3 is 2.92 bits per heavy atom. The Morgan fingerprint density at radius 1 is 1.36 bits per heavy atom. The van der Waals surface area contributed by atoms with E-state index in [2.05, 4.69) is 19.9 Å². The van der Waals surface area contributed by atoms with Gasteiger partial charge in [0.25, 0.3) is 0 Å². The van der Waals surface area contributed by atoms with Crippen molar-refractivity contribution in [2.45, 2.75) is 58.8 Å². The first kappa shape index (κ1) is 16.9. The summed E-state index contributed by atoms with van der Waals surface area (Å²) in [4.78, 5) is 12.5. The molecule has 2 saturated carbocycles. The van der Waals surface area contributed by atoms with E-state index in [-0.39, 0.29) is 17.3 Å². The van der Waals surface area contributed by atoms with Gasteiger partial charge in [0.2, 0.25) is 0 Å². The van der Waals surface area contributed by atoms with Crippen LogP contribution in [0.1, 0.15) is 63.5 Å². The van der Waals surface area contributed by atoms with Crippen LogP contribution in [-0.2, 0) is 16.0 Å². The van der Waals surface area contributed by atoms with E-state index in [0.29, 0.717) is 36.0 Å². The number of hydrogen-bond donors (Lipinski definition) is 1. The van der Waals surface area contributed by atoms with E-state index in [1.165, 1.54) is 30.4 Å². The van der Waals surface area contributed by atoms with Crippen LogP contribution in [-0.4, -0.2) is 17.7 Å². The molecular weight excluding hydrogens is 312 g/mol. The number of phenols is 1. The highest BCUT2D eigenvalue weighted by Crippen LogP contribution is 2.64. The number of aromatic hydroxyl groups is 1. The Labute approximate surface area is 150 Å². The number of aryl methyl sites for hydroxylation is 1. The number of carbonyl (C=O) groups is 1. The van der Waals surface area contributed by atoms with Gasteiger partial charge in [-0.2, -0.15) is 0 Å². The third-order valence-corrected chi connectivity index (χ3v) is 7.89. The second-order valence-corrected chi connectivity index (χ2v) is 8.73. The molecule has 0 aromatic heterocycles. The summed E-state index contributed by atoms with van der Waals surface area (Å²) in [7, 11) is 0. The van der Waals surface area contributed by atoms with Gasteiger partial charge >= 0.3 is 5.97 Å². The number of carbonyl (C=O) groups excluding carboxylic acids is 1. The Hall–Kier alpha value is -1.51. The van der Waals surface area contributed by atoms with Crippen LogP contribution in [0.5, 0.6) is 5.75 Å². The average Bonchev–Trinajstić information content (AvgIpc) is 2.86. The summed E-state index contributed by atoms with van der Waals surface area (Å²) >= 11 is 0. The Bertz CT molecular complexity index is 682. The Kier molecular flexibility index (Phi) is 4.09. The second-order valence-electron chi connectivity index (χ2n) is 8.73. The van der Waals surface area contributed by atoms with Crippen molar-refractivity contribution in [2.75, 3.05) is 6.61 Å². The van der Waals surface area contributed by atoms with Gasteiger partial charge < -0.3 is 9.84 Å². The van der Waals surface area contributed by atoms with E-state index in [9.17, 15) is 9.90 Å². The quantitative estimate of drug-likeness (QED) is 0.794. The standard InChI is InChI=1S/C22H30O3/c1-4-25-21(24)19-12-20-18-7-5-14-11-15(23)6-8-16(14)17(18)9-10-22(20,3)13(19)2/h6,8,11,13,17-20,23H,4-5,7,9-10,12H2,1-3H3/t13-,17+,18+,19-,20-,22+/m0/s1. The molecule has 0 spiro atoms. The van der Waals surface area contributed by atoms with Crippen molar-refractivity contribution in [1.29, 1.82) is 0 Å². The number of ether oxygens (including phenoxy) is 1. The smallest absolute Gasteiger partial charge is 0.309 e. The predicted molar refractivity (Wildman–Crippen MR) is 97.4 cm³/mol. The molecule has 1 N–H and O–H groups in total. The SMILES string of the molecule is CCOC(=O)[C@H]1C[C@H]2[C@@H]3CCc4cc(O)ccc4[C@H]3CC[C@]2(C)[C@H]1C. The van der Waals surface area contributed by atoms with Crippen molar-refractivity contribution in [1.82, 2.24) is 0 Å². The summed E-state index contributed by atoms with van der Waals surface area (Å²) in [6.45, 7) is 7.07. The molecule has 3 heteroatoms. The zero-order valence-corrected chi connectivity index (χ0v) is 15.6. The lowest BCUT2D eigenvalue weighted by atomic mass is 9.54. The summed E-state index contributed by atoms with van der Waals surface area (Å²) < 4.78 is 5.39. The molecule has 0 bridgehead atoms. The molecule has 0 radical (unpaired) electrons. The van der Waals surface area contributed by atoms with Crippen molar-refractivity contribution in [3.8, 4) is 5.75 Å². The van der Waals surface area contributed by atoms with E-state index in [0.717, 1.165) is 12.8 Å². The maximum absolute atomic E-state index is 12.5. The van der Waals surface area contributed by atoms with E-state index in [1.54, 1.807) is 0 Å². The topological polar surface area (TPSA) is 46.5 Å². The van der Waals surface area contributed by atoms with Crippen molar-refractivity contribution < 1.29 is 14.6 Å². The zero-order valence-electron chi connectivity index (χ0n) is 15.6. The zero-order chi connectivity index (χ0) is 17.8. The fourth-order valence-corrected chi connectivity index (χ4v) is 6.41. The van der Waals surface area contributed by atoms with Crippen molar-refractivity contribution >= 4 is 5.97 Å². The van der Waals surface area contributed by atoms with Gasteiger partial charge in [0.05, 0.1) is 12.5 Å². The molecule has 3 nitrogen and oxygen atoms in total. The van der Waals surface area contributed by atoms with Gasteiger partial charge in [0.15, 0.2) is 0 Å². The molecule has 6 atom stereocenters.